The molecule has 0 saturated heterocycles. The fourth-order valence-electron chi connectivity index (χ4n) is 5.23. The van der Waals surface area contributed by atoms with Gasteiger partial charge in [0.2, 0.25) is 0 Å². The van der Waals surface area contributed by atoms with Crippen molar-refractivity contribution in [3.8, 4) is 0 Å². The summed E-state index contributed by atoms with van der Waals surface area (Å²) in [5.41, 5.74) is -1.38. The van der Waals surface area contributed by atoms with Gasteiger partial charge in [0.25, 0.3) is 0 Å². The topological polar surface area (TPSA) is 142 Å². The summed E-state index contributed by atoms with van der Waals surface area (Å²) in [4.78, 5) is 46.9. The SMILES string of the molecule is C=CC(=O)OCC(CC)(COCCC[Si](C)(C)O[Si](C)(C)O[Si](C)(C)CCCOCC(CC)(COC(=O)C=C)COC(=O)C=C)COC(=O)C=C. The minimum atomic E-state index is -2.47. The van der Waals surface area contributed by atoms with E-state index in [1.54, 1.807) is 0 Å². The number of ether oxygens (including phenoxy) is 6. The summed E-state index contributed by atoms with van der Waals surface area (Å²) in [6.07, 6.45) is 7.06. The van der Waals surface area contributed by atoms with Gasteiger partial charge in [-0.1, -0.05) is 40.2 Å². The van der Waals surface area contributed by atoms with Gasteiger partial charge >= 0.3 is 32.4 Å². The highest BCUT2D eigenvalue weighted by molar-refractivity contribution is 6.87. The second-order valence-corrected chi connectivity index (χ2v) is 26.9. The highest BCUT2D eigenvalue weighted by Gasteiger charge is 2.40. The maximum absolute atomic E-state index is 11.7. The van der Waals surface area contributed by atoms with Crippen molar-refractivity contribution in [2.75, 3.05) is 52.9 Å². The van der Waals surface area contributed by atoms with E-state index >= 15 is 0 Å². The van der Waals surface area contributed by atoms with Gasteiger partial charge in [0.05, 0.1) is 24.0 Å². The zero-order valence-electron chi connectivity index (χ0n) is 32.4. The monoisotopic (exact) mass is 772 g/mol. The third kappa shape index (κ3) is 21.5. The van der Waals surface area contributed by atoms with Crippen LogP contribution < -0.4 is 0 Å². The summed E-state index contributed by atoms with van der Waals surface area (Å²) in [6.45, 7) is 32.1. The van der Waals surface area contributed by atoms with Crippen molar-refractivity contribution >= 4 is 49.1 Å². The number of rotatable bonds is 30. The molecule has 0 N–H and O–H groups in total. The van der Waals surface area contributed by atoms with Crippen LogP contribution in [0.5, 0.6) is 0 Å². The van der Waals surface area contributed by atoms with Crippen LogP contribution >= 0.6 is 0 Å². The fourth-order valence-corrected chi connectivity index (χ4v) is 19.2. The molecular formula is C36H64O12Si3. The fraction of sp³-hybridized carbons (Fsp3) is 0.667. The smallest absolute Gasteiger partial charge is 0.330 e. The predicted molar refractivity (Wildman–Crippen MR) is 205 cm³/mol. The second-order valence-electron chi connectivity index (χ2n) is 14.4. The number of carbonyl (C=O) groups is 4. The van der Waals surface area contributed by atoms with E-state index in [9.17, 15) is 19.2 Å². The van der Waals surface area contributed by atoms with Gasteiger partial charge in [0, 0.05) is 37.5 Å². The Morgan fingerprint density at radius 3 is 1.02 bits per heavy atom. The average Bonchev–Trinajstić information content (AvgIpc) is 3.07. The number of hydrogen-bond donors (Lipinski definition) is 0. The summed E-state index contributed by atoms with van der Waals surface area (Å²) in [7, 11) is -6.69. The molecule has 0 radical (unpaired) electrons. The van der Waals surface area contributed by atoms with Crippen LogP contribution in [-0.4, -0.2) is 102 Å². The van der Waals surface area contributed by atoms with E-state index in [4.69, 9.17) is 36.7 Å². The molecule has 292 valence electrons. The Morgan fingerprint density at radius 1 is 0.510 bits per heavy atom. The summed E-state index contributed by atoms with van der Waals surface area (Å²) < 4.78 is 46.8. The van der Waals surface area contributed by atoms with Crippen LogP contribution in [-0.2, 0) is 55.8 Å². The van der Waals surface area contributed by atoms with E-state index in [1.807, 2.05) is 13.8 Å². The van der Waals surface area contributed by atoms with Crippen LogP contribution in [0.3, 0.4) is 0 Å². The van der Waals surface area contributed by atoms with Crippen molar-refractivity contribution < 1.29 is 55.8 Å². The van der Waals surface area contributed by atoms with Crippen LogP contribution in [0.25, 0.3) is 0 Å². The molecule has 0 aromatic carbocycles. The molecule has 0 atom stereocenters. The van der Waals surface area contributed by atoms with Gasteiger partial charge in [-0.15, -0.1) is 0 Å². The maximum atomic E-state index is 11.7. The molecule has 0 aromatic heterocycles. The minimum Gasteiger partial charge on any atom is -0.462 e. The molecule has 15 heteroatoms. The largest absolute Gasteiger partial charge is 0.462 e. The van der Waals surface area contributed by atoms with Crippen LogP contribution in [0, 0.1) is 10.8 Å². The lowest BCUT2D eigenvalue weighted by Gasteiger charge is -2.39. The lowest BCUT2D eigenvalue weighted by Crippen LogP contribution is -2.52. The molecule has 0 unspecified atom stereocenters. The summed E-state index contributed by atoms with van der Waals surface area (Å²) in [5, 5.41) is 0. The zero-order chi connectivity index (χ0) is 39.2. The first-order valence-electron chi connectivity index (χ1n) is 17.5. The molecule has 0 saturated carbocycles. The van der Waals surface area contributed by atoms with Gasteiger partial charge in [-0.25, -0.2) is 19.2 Å². The minimum absolute atomic E-state index is 0.0328. The van der Waals surface area contributed by atoms with Gasteiger partial charge in [-0.3, -0.25) is 0 Å². The highest BCUT2D eigenvalue weighted by atomic mass is 28.5. The van der Waals surface area contributed by atoms with Crippen molar-refractivity contribution in [2.24, 2.45) is 10.8 Å². The van der Waals surface area contributed by atoms with Crippen molar-refractivity contribution in [1.29, 1.82) is 0 Å². The molecule has 51 heavy (non-hydrogen) atoms. The van der Waals surface area contributed by atoms with E-state index in [0.29, 0.717) is 26.1 Å². The van der Waals surface area contributed by atoms with Gasteiger partial charge < -0.3 is 36.7 Å². The molecule has 0 aliphatic heterocycles. The molecular weight excluding hydrogens is 709 g/mol. The number of esters is 4. The molecule has 0 bridgehead atoms. The Hall–Kier alpha value is -2.67. The summed E-state index contributed by atoms with van der Waals surface area (Å²) in [6, 6.07) is 1.73. The lowest BCUT2D eigenvalue weighted by molar-refractivity contribution is -0.153. The molecule has 0 amide bonds. The Morgan fingerprint density at radius 2 is 0.784 bits per heavy atom. The second kappa shape index (κ2) is 23.8. The Labute approximate surface area is 309 Å². The van der Waals surface area contributed by atoms with Crippen LogP contribution in [0.2, 0.25) is 51.4 Å². The highest BCUT2D eigenvalue weighted by Crippen LogP contribution is 2.28. The van der Waals surface area contributed by atoms with E-state index in [0.717, 1.165) is 49.2 Å². The molecule has 0 rings (SSSR count). The van der Waals surface area contributed by atoms with Crippen LogP contribution in [0.4, 0.5) is 0 Å². The molecule has 0 heterocycles. The van der Waals surface area contributed by atoms with Crippen LogP contribution in [0.1, 0.15) is 39.5 Å². The third-order valence-electron chi connectivity index (χ3n) is 8.24. The molecule has 12 nitrogen and oxygen atoms in total. The predicted octanol–water partition coefficient (Wildman–Crippen LogP) is 6.65. The maximum Gasteiger partial charge on any atom is 0.330 e. The van der Waals surface area contributed by atoms with Crippen molar-refractivity contribution in [3.63, 3.8) is 0 Å². The van der Waals surface area contributed by atoms with Crippen molar-refractivity contribution in [1.82, 2.24) is 0 Å². The molecule has 0 aliphatic carbocycles. The standard InChI is InChI=1S/C36H64O12Si3/c1-13-31(37)43-27-35(17-5,28-44-32(38)14-2)25-41-21-19-23-49(7,8)47-51(11,12)48-50(9,10)24-20-22-42-26-36(18-6,29-45-33(39)15-3)30-46-34(40)16-4/h13-16H,1-4,17-30H2,5-12H3. The molecule has 0 aliphatic rings. The van der Waals surface area contributed by atoms with Gasteiger partial charge in [0.15, 0.2) is 16.6 Å². The Balaban J connectivity index is 5.00. The first-order valence-corrected chi connectivity index (χ1v) is 26.5. The van der Waals surface area contributed by atoms with Gasteiger partial charge in [0.1, 0.15) is 26.4 Å². The molecule has 0 fully saturated rings. The van der Waals surface area contributed by atoms with Gasteiger partial charge in [-0.2, -0.15) is 0 Å². The summed E-state index contributed by atoms with van der Waals surface area (Å²) in [5.74, 6) is -2.20. The van der Waals surface area contributed by atoms with Gasteiger partial charge in [-0.05, 0) is 77.1 Å². The van der Waals surface area contributed by atoms with Crippen molar-refractivity contribution in [3.05, 3.63) is 50.6 Å². The summed E-state index contributed by atoms with van der Waals surface area (Å²) >= 11 is 0. The van der Waals surface area contributed by atoms with Crippen molar-refractivity contribution in [2.45, 2.75) is 90.9 Å². The third-order valence-corrected chi connectivity index (χ3v) is 19.7. The van der Waals surface area contributed by atoms with E-state index < -0.39 is 59.9 Å². The van der Waals surface area contributed by atoms with E-state index in [1.165, 1.54) is 0 Å². The normalized spacial score (nSPS) is 12.4. The zero-order valence-corrected chi connectivity index (χ0v) is 35.4. The van der Waals surface area contributed by atoms with E-state index in [-0.39, 0.29) is 39.6 Å². The quantitative estimate of drug-likeness (QED) is 0.0254. The number of hydrogen-bond acceptors (Lipinski definition) is 12. The number of carbonyl (C=O) groups excluding carboxylic acids is 4. The average molecular weight is 773 g/mol. The lowest BCUT2D eigenvalue weighted by atomic mass is 9.88. The first kappa shape index (κ1) is 48.3. The molecule has 0 aromatic rings. The molecule has 0 spiro atoms. The van der Waals surface area contributed by atoms with Crippen LogP contribution in [0.15, 0.2) is 50.6 Å². The van der Waals surface area contributed by atoms with E-state index in [2.05, 4.69) is 65.6 Å². The Kier molecular flexibility index (Phi) is 22.6. The Bertz CT molecular complexity index is 1020. The first-order chi connectivity index (χ1) is 23.8.